The number of fused-ring (bicyclic) bond motifs is 3. The van der Waals surface area contributed by atoms with E-state index in [4.69, 9.17) is 0 Å². The molecule has 2 amide bonds. The number of benzene rings is 2. The molecule has 35 heavy (non-hydrogen) atoms. The molecule has 0 unspecified atom stereocenters. The first-order valence-corrected chi connectivity index (χ1v) is 12.3. The lowest BCUT2D eigenvalue weighted by Crippen LogP contribution is -2.51. The smallest absolute Gasteiger partial charge is 0.257 e. The summed E-state index contributed by atoms with van der Waals surface area (Å²) in [5.41, 5.74) is 4.18. The molecule has 0 fully saturated rings. The van der Waals surface area contributed by atoms with Crippen molar-refractivity contribution in [1.29, 1.82) is 0 Å². The molecule has 0 saturated heterocycles. The van der Waals surface area contributed by atoms with E-state index < -0.39 is 0 Å². The third-order valence-electron chi connectivity index (χ3n) is 7.05. The van der Waals surface area contributed by atoms with Gasteiger partial charge in [-0.05, 0) is 54.9 Å². The third kappa shape index (κ3) is 4.57. The average Bonchev–Trinajstić information content (AvgIpc) is 3.01. The van der Waals surface area contributed by atoms with E-state index in [9.17, 15) is 9.59 Å². The lowest BCUT2D eigenvalue weighted by atomic mass is 9.93. The summed E-state index contributed by atoms with van der Waals surface area (Å²) in [4.78, 5) is 37.7. The van der Waals surface area contributed by atoms with Crippen LogP contribution in [0.5, 0.6) is 0 Å². The highest BCUT2D eigenvalue weighted by Crippen LogP contribution is 2.36. The SMILES string of the molecule is CCN(CC)C[C@H]1Cc2ccccc2CN1CC(=O)N1c2ccccc2C(=O)Nc2cccnc21. The van der Waals surface area contributed by atoms with Crippen LogP contribution in [0.25, 0.3) is 0 Å². The molecule has 1 N–H and O–H groups in total. The largest absolute Gasteiger partial charge is 0.319 e. The summed E-state index contributed by atoms with van der Waals surface area (Å²) >= 11 is 0. The van der Waals surface area contributed by atoms with Crippen molar-refractivity contribution in [3.05, 3.63) is 83.6 Å². The number of likely N-dealkylation sites (N-methyl/N-ethyl adjacent to an activating group) is 1. The number of aromatic nitrogens is 1. The minimum Gasteiger partial charge on any atom is -0.319 e. The van der Waals surface area contributed by atoms with Crippen LogP contribution in [0.2, 0.25) is 0 Å². The van der Waals surface area contributed by atoms with Gasteiger partial charge in [0.1, 0.15) is 0 Å². The number of amides is 2. The van der Waals surface area contributed by atoms with Crippen molar-refractivity contribution >= 4 is 29.0 Å². The molecule has 1 aromatic heterocycles. The van der Waals surface area contributed by atoms with Crippen molar-refractivity contribution in [1.82, 2.24) is 14.8 Å². The lowest BCUT2D eigenvalue weighted by Gasteiger charge is -2.39. The number of hydrogen-bond acceptors (Lipinski definition) is 5. The number of para-hydroxylation sites is 1. The molecule has 0 saturated carbocycles. The second-order valence-corrected chi connectivity index (χ2v) is 9.09. The molecule has 0 bridgehead atoms. The zero-order valence-electron chi connectivity index (χ0n) is 20.3. The van der Waals surface area contributed by atoms with Crippen LogP contribution in [0.4, 0.5) is 17.2 Å². The highest BCUT2D eigenvalue weighted by atomic mass is 16.2. The molecule has 2 aliphatic rings. The van der Waals surface area contributed by atoms with E-state index in [0.717, 1.165) is 32.6 Å². The standard InChI is InChI=1S/C28H31N5O2/c1-3-31(4-2)18-22-16-20-10-5-6-11-21(20)17-32(22)19-26(34)33-25-14-8-7-12-23(25)28(35)30-24-13-9-15-29-27(24)33/h5-15,22H,3-4,16-19H2,1-2H3,(H,30,35)/t22-/m1/s1. The number of nitrogens with one attached hydrogen (secondary N) is 1. The summed E-state index contributed by atoms with van der Waals surface area (Å²) in [5, 5.41) is 2.91. The lowest BCUT2D eigenvalue weighted by molar-refractivity contribution is -0.120. The van der Waals surface area contributed by atoms with Gasteiger partial charge in [0.05, 0.1) is 23.5 Å². The Bertz CT molecular complexity index is 1240. The van der Waals surface area contributed by atoms with Gasteiger partial charge in [0, 0.05) is 25.3 Å². The van der Waals surface area contributed by atoms with Crippen molar-refractivity contribution in [3.63, 3.8) is 0 Å². The average molecular weight is 470 g/mol. The first kappa shape index (κ1) is 23.2. The maximum absolute atomic E-state index is 14.0. The van der Waals surface area contributed by atoms with Gasteiger partial charge in [-0.25, -0.2) is 4.98 Å². The van der Waals surface area contributed by atoms with Gasteiger partial charge in [0.15, 0.2) is 5.82 Å². The Hall–Kier alpha value is -3.55. The van der Waals surface area contributed by atoms with Gasteiger partial charge in [-0.1, -0.05) is 50.2 Å². The second-order valence-electron chi connectivity index (χ2n) is 9.09. The van der Waals surface area contributed by atoms with Crippen LogP contribution < -0.4 is 10.2 Å². The molecule has 180 valence electrons. The maximum atomic E-state index is 14.0. The Morgan fingerprint density at radius 2 is 1.77 bits per heavy atom. The molecule has 1 atom stereocenters. The Kier molecular flexibility index (Phi) is 6.61. The second kappa shape index (κ2) is 9.98. The molecule has 0 radical (unpaired) electrons. The van der Waals surface area contributed by atoms with Crippen LogP contribution >= 0.6 is 0 Å². The molecule has 7 heteroatoms. The van der Waals surface area contributed by atoms with Gasteiger partial charge in [-0.2, -0.15) is 0 Å². The Morgan fingerprint density at radius 3 is 2.57 bits per heavy atom. The van der Waals surface area contributed by atoms with Crippen molar-refractivity contribution < 1.29 is 9.59 Å². The molecule has 2 aromatic carbocycles. The maximum Gasteiger partial charge on any atom is 0.257 e. The molecule has 7 nitrogen and oxygen atoms in total. The van der Waals surface area contributed by atoms with E-state index in [2.05, 4.69) is 58.2 Å². The van der Waals surface area contributed by atoms with Crippen LogP contribution in [-0.4, -0.2) is 58.8 Å². The van der Waals surface area contributed by atoms with Crippen molar-refractivity contribution in [2.75, 3.05) is 36.4 Å². The van der Waals surface area contributed by atoms with E-state index in [1.165, 1.54) is 11.1 Å². The minimum atomic E-state index is -0.239. The van der Waals surface area contributed by atoms with Gasteiger partial charge >= 0.3 is 0 Å². The van der Waals surface area contributed by atoms with Crippen LogP contribution in [0.15, 0.2) is 66.9 Å². The summed E-state index contributed by atoms with van der Waals surface area (Å²) in [6.07, 6.45) is 2.56. The number of pyridine rings is 1. The van der Waals surface area contributed by atoms with E-state index in [1.807, 2.05) is 18.2 Å². The number of carbonyl (C=O) groups excluding carboxylic acids is 2. The Balaban J connectivity index is 1.50. The number of nitrogens with zero attached hydrogens (tertiary/aromatic N) is 4. The molecule has 2 aliphatic heterocycles. The number of hydrogen-bond donors (Lipinski definition) is 1. The third-order valence-corrected chi connectivity index (χ3v) is 7.05. The van der Waals surface area contributed by atoms with Crippen LogP contribution in [0.1, 0.15) is 35.3 Å². The Morgan fingerprint density at radius 1 is 1.03 bits per heavy atom. The Labute approximate surface area is 206 Å². The molecule has 3 aromatic rings. The molecular weight excluding hydrogens is 438 g/mol. The van der Waals surface area contributed by atoms with Gasteiger partial charge in [0.2, 0.25) is 5.91 Å². The van der Waals surface area contributed by atoms with E-state index in [0.29, 0.717) is 22.8 Å². The van der Waals surface area contributed by atoms with E-state index >= 15 is 0 Å². The normalized spacial score (nSPS) is 17.3. The predicted octanol–water partition coefficient (Wildman–Crippen LogP) is 4.08. The monoisotopic (exact) mass is 469 g/mol. The molecule has 0 spiro atoms. The molecule has 3 heterocycles. The van der Waals surface area contributed by atoms with Gasteiger partial charge in [-0.15, -0.1) is 0 Å². The molecular formula is C28H31N5O2. The van der Waals surface area contributed by atoms with Crippen LogP contribution in [0, 0.1) is 0 Å². The predicted molar refractivity (Wildman–Crippen MR) is 138 cm³/mol. The zero-order chi connectivity index (χ0) is 24.4. The van der Waals surface area contributed by atoms with E-state index in [-0.39, 0.29) is 24.4 Å². The fourth-order valence-corrected chi connectivity index (χ4v) is 5.12. The van der Waals surface area contributed by atoms with Crippen LogP contribution in [-0.2, 0) is 17.8 Å². The topological polar surface area (TPSA) is 68.8 Å². The number of rotatable bonds is 6. The summed E-state index contributed by atoms with van der Waals surface area (Å²) < 4.78 is 0. The molecule has 5 rings (SSSR count). The zero-order valence-corrected chi connectivity index (χ0v) is 20.3. The first-order chi connectivity index (χ1) is 17.1. The van der Waals surface area contributed by atoms with Gasteiger partial charge in [0.25, 0.3) is 5.91 Å². The fourth-order valence-electron chi connectivity index (χ4n) is 5.12. The van der Waals surface area contributed by atoms with Gasteiger partial charge in [-0.3, -0.25) is 19.4 Å². The van der Waals surface area contributed by atoms with Crippen molar-refractivity contribution in [2.45, 2.75) is 32.9 Å². The molecule has 0 aliphatic carbocycles. The minimum absolute atomic E-state index is 0.0992. The first-order valence-electron chi connectivity index (χ1n) is 12.3. The highest BCUT2D eigenvalue weighted by Gasteiger charge is 2.34. The number of anilines is 3. The fraction of sp³-hybridized carbons (Fsp3) is 0.321. The number of carbonyl (C=O) groups is 2. The quantitative estimate of drug-likeness (QED) is 0.589. The summed E-state index contributed by atoms with van der Waals surface area (Å²) in [6.45, 7) is 8.16. The summed E-state index contributed by atoms with van der Waals surface area (Å²) in [6, 6.07) is 19.5. The van der Waals surface area contributed by atoms with Crippen LogP contribution in [0.3, 0.4) is 0 Å². The van der Waals surface area contributed by atoms with Crippen molar-refractivity contribution in [2.24, 2.45) is 0 Å². The van der Waals surface area contributed by atoms with Gasteiger partial charge < -0.3 is 10.2 Å². The van der Waals surface area contributed by atoms with E-state index in [1.54, 1.807) is 29.3 Å². The van der Waals surface area contributed by atoms with Crippen molar-refractivity contribution in [3.8, 4) is 0 Å². The summed E-state index contributed by atoms with van der Waals surface area (Å²) in [5.74, 6) is 0.114. The summed E-state index contributed by atoms with van der Waals surface area (Å²) in [7, 11) is 0. The highest BCUT2D eigenvalue weighted by molar-refractivity contribution is 6.17.